The molecule has 0 atom stereocenters. The van der Waals surface area contributed by atoms with E-state index in [0.717, 1.165) is 30.8 Å². The molecule has 0 aliphatic rings. The molecule has 0 saturated carbocycles. The van der Waals surface area contributed by atoms with Crippen molar-refractivity contribution in [1.82, 2.24) is 10.2 Å². The van der Waals surface area contributed by atoms with Crippen LogP contribution in [0.25, 0.3) is 0 Å². The van der Waals surface area contributed by atoms with E-state index < -0.39 is 0 Å². The number of rotatable bonds is 9. The first kappa shape index (κ1) is 18.0. The molecule has 0 bridgehead atoms. The quantitative estimate of drug-likeness (QED) is 0.770. The van der Waals surface area contributed by atoms with Crippen molar-refractivity contribution in [3.8, 4) is 5.75 Å². The Morgan fingerprint density at radius 2 is 1.83 bits per heavy atom. The summed E-state index contributed by atoms with van der Waals surface area (Å²) in [6, 6.07) is 18.2. The highest BCUT2D eigenvalue weighted by Gasteiger charge is 2.05. The number of nitrogens with one attached hydrogen (secondary N) is 1. The second-order valence-corrected chi connectivity index (χ2v) is 5.92. The van der Waals surface area contributed by atoms with Crippen molar-refractivity contribution in [3.05, 3.63) is 65.7 Å². The number of benzene rings is 2. The molecule has 0 heterocycles. The van der Waals surface area contributed by atoms with Crippen LogP contribution >= 0.6 is 0 Å². The molecule has 1 N–H and O–H groups in total. The monoisotopic (exact) mass is 326 g/mol. The molecule has 0 aliphatic carbocycles. The van der Waals surface area contributed by atoms with Gasteiger partial charge in [0.2, 0.25) is 5.91 Å². The molecule has 2 aromatic rings. The minimum absolute atomic E-state index is 0.0952. The van der Waals surface area contributed by atoms with Gasteiger partial charge in [0.05, 0.1) is 7.11 Å². The highest BCUT2D eigenvalue weighted by Crippen LogP contribution is 2.12. The molecule has 0 saturated heterocycles. The zero-order chi connectivity index (χ0) is 17.2. The van der Waals surface area contributed by atoms with E-state index in [1.54, 1.807) is 7.11 Å². The van der Waals surface area contributed by atoms with E-state index in [0.29, 0.717) is 13.0 Å². The van der Waals surface area contributed by atoms with Crippen molar-refractivity contribution in [2.75, 3.05) is 27.2 Å². The first-order valence-corrected chi connectivity index (χ1v) is 8.29. The van der Waals surface area contributed by atoms with Crippen LogP contribution in [-0.4, -0.2) is 38.1 Å². The summed E-state index contributed by atoms with van der Waals surface area (Å²) in [6.07, 6.45) is 1.32. The van der Waals surface area contributed by atoms with Crippen LogP contribution in [-0.2, 0) is 17.8 Å². The Balaban J connectivity index is 1.64. The van der Waals surface area contributed by atoms with Gasteiger partial charge in [-0.3, -0.25) is 4.79 Å². The number of methoxy groups -OCH3 is 1. The van der Waals surface area contributed by atoms with Crippen molar-refractivity contribution in [3.63, 3.8) is 0 Å². The molecule has 0 aromatic heterocycles. The van der Waals surface area contributed by atoms with Crippen molar-refractivity contribution in [2.45, 2.75) is 19.4 Å². The molecule has 4 nitrogen and oxygen atoms in total. The second-order valence-electron chi connectivity index (χ2n) is 5.92. The van der Waals surface area contributed by atoms with E-state index in [1.807, 2.05) is 49.5 Å². The summed E-state index contributed by atoms with van der Waals surface area (Å²) in [4.78, 5) is 14.1. The number of carbonyl (C=O) groups excluding carboxylic acids is 1. The second kappa shape index (κ2) is 9.73. The van der Waals surface area contributed by atoms with Crippen LogP contribution in [0, 0.1) is 0 Å². The lowest BCUT2D eigenvalue weighted by Crippen LogP contribution is -2.30. The number of hydrogen-bond acceptors (Lipinski definition) is 3. The number of amides is 1. The Hall–Kier alpha value is -2.33. The van der Waals surface area contributed by atoms with E-state index >= 15 is 0 Å². The van der Waals surface area contributed by atoms with Gasteiger partial charge in [-0.15, -0.1) is 0 Å². The van der Waals surface area contributed by atoms with E-state index in [9.17, 15) is 4.79 Å². The lowest BCUT2D eigenvalue weighted by molar-refractivity contribution is -0.121. The van der Waals surface area contributed by atoms with Crippen LogP contribution in [0.4, 0.5) is 0 Å². The first-order valence-electron chi connectivity index (χ1n) is 8.29. The molecule has 0 spiro atoms. The molecule has 2 aromatic carbocycles. The normalized spacial score (nSPS) is 10.6. The third-order valence-electron chi connectivity index (χ3n) is 3.89. The van der Waals surface area contributed by atoms with E-state index in [4.69, 9.17) is 4.74 Å². The maximum Gasteiger partial charge on any atom is 0.221 e. The summed E-state index contributed by atoms with van der Waals surface area (Å²) in [5, 5.41) is 2.98. The predicted molar refractivity (Wildman–Crippen MR) is 97.1 cm³/mol. The molecule has 0 fully saturated rings. The molecule has 1 amide bonds. The summed E-state index contributed by atoms with van der Waals surface area (Å²) >= 11 is 0. The maximum atomic E-state index is 12.0. The van der Waals surface area contributed by atoms with Gasteiger partial charge in [0, 0.05) is 26.1 Å². The number of hydrogen-bond donors (Lipinski definition) is 1. The molecule has 24 heavy (non-hydrogen) atoms. The summed E-state index contributed by atoms with van der Waals surface area (Å²) < 4.78 is 5.20. The molecule has 0 unspecified atom stereocenters. The topological polar surface area (TPSA) is 41.6 Å². The fourth-order valence-electron chi connectivity index (χ4n) is 2.53. The standard InChI is InChI=1S/C20H26N2O2/c1-22(16-18-7-4-3-5-8-18)14-12-20(23)21-13-11-17-9-6-10-19(15-17)24-2/h3-10,15H,11-14,16H2,1-2H3,(H,21,23). The Labute approximate surface area is 144 Å². The van der Waals surface area contributed by atoms with Crippen LogP contribution in [0.1, 0.15) is 17.5 Å². The molecule has 128 valence electrons. The van der Waals surface area contributed by atoms with Gasteiger partial charge in [0.15, 0.2) is 0 Å². The van der Waals surface area contributed by atoms with Crippen LogP contribution in [0.5, 0.6) is 5.75 Å². The van der Waals surface area contributed by atoms with E-state index in [2.05, 4.69) is 22.3 Å². The largest absolute Gasteiger partial charge is 0.497 e. The van der Waals surface area contributed by atoms with Crippen LogP contribution in [0.3, 0.4) is 0 Å². The number of carbonyl (C=O) groups is 1. The van der Waals surface area contributed by atoms with Crippen LogP contribution in [0.15, 0.2) is 54.6 Å². The van der Waals surface area contributed by atoms with Gasteiger partial charge in [-0.05, 0) is 36.7 Å². The zero-order valence-electron chi connectivity index (χ0n) is 14.5. The highest BCUT2D eigenvalue weighted by molar-refractivity contribution is 5.76. The molecular formula is C20H26N2O2. The van der Waals surface area contributed by atoms with Crippen LogP contribution < -0.4 is 10.1 Å². The number of ether oxygens (including phenoxy) is 1. The summed E-state index contributed by atoms with van der Waals surface area (Å²) in [5.41, 5.74) is 2.43. The molecular weight excluding hydrogens is 300 g/mol. The Morgan fingerprint density at radius 3 is 2.58 bits per heavy atom. The maximum absolute atomic E-state index is 12.0. The molecule has 4 heteroatoms. The molecule has 0 aliphatic heterocycles. The van der Waals surface area contributed by atoms with Crippen molar-refractivity contribution in [2.24, 2.45) is 0 Å². The average Bonchev–Trinajstić information content (AvgIpc) is 2.61. The summed E-state index contributed by atoms with van der Waals surface area (Å²) in [7, 11) is 3.70. The lowest BCUT2D eigenvalue weighted by atomic mass is 10.1. The minimum Gasteiger partial charge on any atom is -0.497 e. The SMILES string of the molecule is COc1cccc(CCNC(=O)CCN(C)Cc2ccccc2)c1. The van der Waals surface area contributed by atoms with Gasteiger partial charge in [-0.2, -0.15) is 0 Å². The lowest BCUT2D eigenvalue weighted by Gasteiger charge is -2.16. The third-order valence-corrected chi connectivity index (χ3v) is 3.89. The van der Waals surface area contributed by atoms with Gasteiger partial charge in [0.25, 0.3) is 0 Å². The van der Waals surface area contributed by atoms with Crippen molar-refractivity contribution >= 4 is 5.91 Å². The fourth-order valence-corrected chi connectivity index (χ4v) is 2.53. The smallest absolute Gasteiger partial charge is 0.221 e. The predicted octanol–water partition coefficient (Wildman–Crippen LogP) is 2.88. The van der Waals surface area contributed by atoms with Gasteiger partial charge in [-0.1, -0.05) is 42.5 Å². The highest BCUT2D eigenvalue weighted by atomic mass is 16.5. The van der Waals surface area contributed by atoms with E-state index in [-0.39, 0.29) is 5.91 Å². The van der Waals surface area contributed by atoms with Crippen LogP contribution in [0.2, 0.25) is 0 Å². The van der Waals surface area contributed by atoms with Crippen molar-refractivity contribution in [1.29, 1.82) is 0 Å². The minimum atomic E-state index is 0.0952. The number of nitrogens with zero attached hydrogens (tertiary/aromatic N) is 1. The Morgan fingerprint density at radius 1 is 1.08 bits per heavy atom. The van der Waals surface area contributed by atoms with Gasteiger partial charge in [0.1, 0.15) is 5.75 Å². The third kappa shape index (κ3) is 6.42. The Bertz CT molecular complexity index is 629. The zero-order valence-corrected chi connectivity index (χ0v) is 14.5. The Kier molecular flexibility index (Phi) is 7.30. The average molecular weight is 326 g/mol. The molecule has 0 radical (unpaired) electrons. The summed E-state index contributed by atoms with van der Waals surface area (Å²) in [6.45, 7) is 2.26. The van der Waals surface area contributed by atoms with E-state index in [1.165, 1.54) is 5.56 Å². The van der Waals surface area contributed by atoms with Gasteiger partial charge < -0.3 is 15.0 Å². The fraction of sp³-hybridized carbons (Fsp3) is 0.350. The molecule has 2 rings (SSSR count). The van der Waals surface area contributed by atoms with Gasteiger partial charge >= 0.3 is 0 Å². The summed E-state index contributed by atoms with van der Waals surface area (Å²) in [5.74, 6) is 0.944. The first-order chi connectivity index (χ1) is 11.7. The van der Waals surface area contributed by atoms with Gasteiger partial charge in [-0.25, -0.2) is 0 Å². The van der Waals surface area contributed by atoms with Crippen molar-refractivity contribution < 1.29 is 9.53 Å².